The zero-order valence-corrected chi connectivity index (χ0v) is 13.2. The van der Waals surface area contributed by atoms with Crippen LogP contribution in [0, 0.1) is 5.92 Å². The fourth-order valence-electron chi connectivity index (χ4n) is 2.72. The molecule has 0 aromatic heterocycles. The van der Waals surface area contributed by atoms with Gasteiger partial charge in [-0.05, 0) is 56.5 Å². The minimum absolute atomic E-state index is 0.261. The molecule has 1 aromatic rings. The van der Waals surface area contributed by atoms with E-state index in [1.807, 2.05) is 6.92 Å². The summed E-state index contributed by atoms with van der Waals surface area (Å²) in [6, 6.07) is 7.11. The molecule has 0 aliphatic carbocycles. The van der Waals surface area contributed by atoms with E-state index < -0.39 is 6.10 Å². The van der Waals surface area contributed by atoms with Crippen LogP contribution in [0.15, 0.2) is 24.3 Å². The molecule has 21 heavy (non-hydrogen) atoms. The van der Waals surface area contributed by atoms with Crippen molar-refractivity contribution in [2.24, 2.45) is 5.92 Å². The summed E-state index contributed by atoms with van der Waals surface area (Å²) in [6.45, 7) is 4.50. The second kappa shape index (κ2) is 7.99. The first-order valence-electron chi connectivity index (χ1n) is 7.51. The second-order valence-electron chi connectivity index (χ2n) is 5.82. The fourth-order valence-corrected chi connectivity index (χ4v) is 2.85. The van der Waals surface area contributed by atoms with E-state index in [2.05, 4.69) is 4.90 Å². The number of likely N-dealkylation sites (tertiary alicyclic amines) is 1. The van der Waals surface area contributed by atoms with Gasteiger partial charge in [-0.25, -0.2) is 0 Å². The molecule has 4 nitrogen and oxygen atoms in total. The molecule has 1 saturated heterocycles. The van der Waals surface area contributed by atoms with Gasteiger partial charge in [0.2, 0.25) is 0 Å². The van der Waals surface area contributed by atoms with E-state index >= 15 is 0 Å². The van der Waals surface area contributed by atoms with Gasteiger partial charge in [0.05, 0.1) is 6.10 Å². The monoisotopic (exact) mass is 313 g/mol. The molecule has 3 atom stereocenters. The highest BCUT2D eigenvalue weighted by Crippen LogP contribution is 2.20. The van der Waals surface area contributed by atoms with Crippen LogP contribution in [0.3, 0.4) is 0 Å². The Balaban J connectivity index is 1.73. The van der Waals surface area contributed by atoms with Gasteiger partial charge in [-0.3, -0.25) is 0 Å². The van der Waals surface area contributed by atoms with Crippen LogP contribution < -0.4 is 4.74 Å². The summed E-state index contributed by atoms with van der Waals surface area (Å²) in [5.74, 6) is 1.02. The number of nitrogens with zero attached hydrogens (tertiary/aromatic N) is 1. The molecule has 1 fully saturated rings. The Morgan fingerprint density at radius 1 is 1.33 bits per heavy atom. The molecule has 0 saturated carbocycles. The van der Waals surface area contributed by atoms with Crippen LogP contribution in [0.25, 0.3) is 0 Å². The molecule has 1 aromatic carbocycles. The van der Waals surface area contributed by atoms with E-state index in [1.54, 1.807) is 24.3 Å². The highest BCUT2D eigenvalue weighted by Gasteiger charge is 2.24. The first kappa shape index (κ1) is 16.6. The van der Waals surface area contributed by atoms with E-state index in [0.717, 1.165) is 25.9 Å². The number of rotatable bonds is 6. The third-order valence-corrected chi connectivity index (χ3v) is 4.20. The van der Waals surface area contributed by atoms with E-state index in [4.69, 9.17) is 16.3 Å². The summed E-state index contributed by atoms with van der Waals surface area (Å²) in [5.41, 5.74) is 0. The smallest absolute Gasteiger partial charge is 0.119 e. The molecule has 1 aliphatic heterocycles. The highest BCUT2D eigenvalue weighted by atomic mass is 35.5. The van der Waals surface area contributed by atoms with E-state index in [-0.39, 0.29) is 12.7 Å². The molecule has 0 spiro atoms. The molecule has 0 amide bonds. The lowest BCUT2D eigenvalue weighted by Crippen LogP contribution is -2.44. The predicted octanol–water partition coefficient (Wildman–Crippen LogP) is 2.17. The van der Waals surface area contributed by atoms with Crippen molar-refractivity contribution in [1.82, 2.24) is 4.90 Å². The SMILES string of the molecule is CC(O)C1CCCN(CC(O)COc2ccc(Cl)cc2)C1. The maximum Gasteiger partial charge on any atom is 0.119 e. The summed E-state index contributed by atoms with van der Waals surface area (Å²) >= 11 is 5.81. The number of aliphatic hydroxyl groups is 2. The van der Waals surface area contributed by atoms with Crippen LogP contribution in [0.2, 0.25) is 5.02 Å². The number of halogens is 1. The van der Waals surface area contributed by atoms with Crippen molar-refractivity contribution in [2.75, 3.05) is 26.2 Å². The van der Waals surface area contributed by atoms with E-state index in [1.165, 1.54) is 0 Å². The Kier molecular flexibility index (Phi) is 6.30. The Labute approximate surface area is 131 Å². The van der Waals surface area contributed by atoms with Gasteiger partial charge in [0.25, 0.3) is 0 Å². The van der Waals surface area contributed by atoms with Gasteiger partial charge < -0.3 is 19.8 Å². The zero-order chi connectivity index (χ0) is 15.2. The lowest BCUT2D eigenvalue weighted by molar-refractivity contribution is 0.0244. The molecule has 0 radical (unpaired) electrons. The molecule has 0 bridgehead atoms. The van der Waals surface area contributed by atoms with Gasteiger partial charge in [0.1, 0.15) is 18.5 Å². The molecule has 2 rings (SSSR count). The Morgan fingerprint density at radius 3 is 2.71 bits per heavy atom. The Morgan fingerprint density at radius 2 is 2.05 bits per heavy atom. The summed E-state index contributed by atoms with van der Waals surface area (Å²) < 4.78 is 5.55. The van der Waals surface area contributed by atoms with Crippen molar-refractivity contribution >= 4 is 11.6 Å². The van der Waals surface area contributed by atoms with Gasteiger partial charge in [0.15, 0.2) is 0 Å². The van der Waals surface area contributed by atoms with Crippen molar-refractivity contribution in [3.05, 3.63) is 29.3 Å². The van der Waals surface area contributed by atoms with Crippen LogP contribution in [0.4, 0.5) is 0 Å². The minimum Gasteiger partial charge on any atom is -0.491 e. The molecule has 118 valence electrons. The molecule has 2 N–H and O–H groups in total. The van der Waals surface area contributed by atoms with Crippen molar-refractivity contribution < 1.29 is 14.9 Å². The van der Waals surface area contributed by atoms with Gasteiger partial charge in [-0.1, -0.05) is 11.6 Å². The largest absolute Gasteiger partial charge is 0.491 e. The maximum absolute atomic E-state index is 10.1. The van der Waals surface area contributed by atoms with Gasteiger partial charge in [0, 0.05) is 18.1 Å². The van der Waals surface area contributed by atoms with Crippen LogP contribution in [-0.2, 0) is 0 Å². The van der Waals surface area contributed by atoms with E-state index in [0.29, 0.717) is 23.2 Å². The summed E-state index contributed by atoms with van der Waals surface area (Å²) in [7, 11) is 0. The number of β-amino-alcohol motifs (C(OH)–C–C–N with tert-alkyl or cyclic N) is 1. The molecule has 5 heteroatoms. The fraction of sp³-hybridized carbons (Fsp3) is 0.625. The number of piperidine rings is 1. The number of hydrogen-bond acceptors (Lipinski definition) is 4. The number of ether oxygens (including phenoxy) is 1. The lowest BCUT2D eigenvalue weighted by Gasteiger charge is -2.35. The molecular weight excluding hydrogens is 290 g/mol. The van der Waals surface area contributed by atoms with Crippen LogP contribution in [0.5, 0.6) is 5.75 Å². The quantitative estimate of drug-likeness (QED) is 0.845. The summed E-state index contributed by atoms with van der Waals surface area (Å²) in [4.78, 5) is 2.21. The number of hydrogen-bond donors (Lipinski definition) is 2. The third-order valence-electron chi connectivity index (χ3n) is 3.95. The Bertz CT molecular complexity index is 424. The zero-order valence-electron chi connectivity index (χ0n) is 12.4. The van der Waals surface area contributed by atoms with Crippen molar-refractivity contribution in [2.45, 2.75) is 32.0 Å². The van der Waals surface area contributed by atoms with Gasteiger partial charge >= 0.3 is 0 Å². The standard InChI is InChI=1S/C16H24ClNO3/c1-12(19)13-3-2-8-18(9-13)10-15(20)11-21-16-6-4-14(17)5-7-16/h4-7,12-13,15,19-20H,2-3,8-11H2,1H3. The lowest BCUT2D eigenvalue weighted by atomic mass is 9.93. The van der Waals surface area contributed by atoms with Crippen molar-refractivity contribution in [3.63, 3.8) is 0 Å². The number of benzene rings is 1. The topological polar surface area (TPSA) is 52.9 Å². The summed E-state index contributed by atoms with van der Waals surface area (Å²) in [5, 5.41) is 20.4. The van der Waals surface area contributed by atoms with Crippen molar-refractivity contribution in [1.29, 1.82) is 0 Å². The average Bonchev–Trinajstić information content (AvgIpc) is 2.47. The highest BCUT2D eigenvalue weighted by molar-refractivity contribution is 6.30. The molecule has 1 aliphatic rings. The normalized spacial score (nSPS) is 22.8. The minimum atomic E-state index is -0.534. The average molecular weight is 314 g/mol. The summed E-state index contributed by atoms with van der Waals surface area (Å²) in [6.07, 6.45) is 1.31. The predicted molar refractivity (Wildman–Crippen MR) is 83.8 cm³/mol. The van der Waals surface area contributed by atoms with Gasteiger partial charge in [-0.2, -0.15) is 0 Å². The molecule has 3 unspecified atom stereocenters. The van der Waals surface area contributed by atoms with Crippen molar-refractivity contribution in [3.8, 4) is 5.75 Å². The van der Waals surface area contributed by atoms with Gasteiger partial charge in [-0.15, -0.1) is 0 Å². The second-order valence-corrected chi connectivity index (χ2v) is 6.26. The first-order chi connectivity index (χ1) is 10.0. The molecule has 1 heterocycles. The third kappa shape index (κ3) is 5.47. The number of aliphatic hydroxyl groups excluding tert-OH is 2. The van der Waals surface area contributed by atoms with Crippen LogP contribution in [0.1, 0.15) is 19.8 Å². The molecular formula is C16H24ClNO3. The maximum atomic E-state index is 10.1. The van der Waals surface area contributed by atoms with E-state index in [9.17, 15) is 10.2 Å². The Hall–Kier alpha value is -0.810. The first-order valence-corrected chi connectivity index (χ1v) is 7.89. The van der Waals surface area contributed by atoms with Crippen LogP contribution in [-0.4, -0.2) is 53.6 Å². The van der Waals surface area contributed by atoms with Crippen LogP contribution >= 0.6 is 11.6 Å².